The fourth-order valence-corrected chi connectivity index (χ4v) is 5.79. The van der Waals surface area contributed by atoms with Crippen LogP contribution in [0.3, 0.4) is 0 Å². The number of benzene rings is 2. The average Bonchev–Trinajstić information content (AvgIpc) is 3.53. The van der Waals surface area contributed by atoms with Crippen molar-refractivity contribution in [3.8, 4) is 11.1 Å². The fourth-order valence-electron chi connectivity index (χ4n) is 4.37. The van der Waals surface area contributed by atoms with Gasteiger partial charge in [0.15, 0.2) is 0 Å². The van der Waals surface area contributed by atoms with Crippen LogP contribution in [-0.4, -0.2) is 51.8 Å². The third-order valence-electron chi connectivity index (χ3n) is 6.85. The number of alkyl carbamates (subject to hydrolysis) is 1. The Bertz CT molecular complexity index is 1430. The molecule has 1 heterocycles. The molecule has 6 unspecified atom stereocenters. The van der Waals surface area contributed by atoms with E-state index < -0.39 is 68.0 Å². The molecule has 13 heteroatoms. The Labute approximate surface area is 260 Å². The van der Waals surface area contributed by atoms with Gasteiger partial charge in [0.25, 0.3) is 5.34 Å². The van der Waals surface area contributed by atoms with Gasteiger partial charge >= 0.3 is 26.5 Å². The third kappa shape index (κ3) is 8.95. The topological polar surface area (TPSA) is 168 Å². The highest BCUT2D eigenvalue weighted by atomic mass is 32.1. The molecule has 0 bridgehead atoms. The Kier molecular flexibility index (Phi) is 12.2. The zero-order valence-electron chi connectivity index (χ0n) is 24.7. The van der Waals surface area contributed by atoms with Crippen LogP contribution in [0.5, 0.6) is 0 Å². The summed E-state index contributed by atoms with van der Waals surface area (Å²) in [4.78, 5) is 50.0. The number of esters is 1. The number of aliphatic hydroxyl groups is 1. The van der Waals surface area contributed by atoms with Gasteiger partial charge in [-0.15, -0.1) is 0 Å². The molecule has 0 saturated carbocycles. The van der Waals surface area contributed by atoms with E-state index in [0.717, 1.165) is 11.1 Å². The van der Waals surface area contributed by atoms with E-state index in [1.165, 1.54) is 25.2 Å². The van der Waals surface area contributed by atoms with Gasteiger partial charge in [-0.25, -0.2) is 4.79 Å². The Hall–Kier alpha value is -4.12. The van der Waals surface area contributed by atoms with Gasteiger partial charge in [0.2, 0.25) is 12.2 Å². The molecule has 234 valence electrons. The number of amides is 2. The molecule has 4 N–H and O–H groups in total. The van der Waals surface area contributed by atoms with Crippen LogP contribution in [0, 0.1) is 11.8 Å². The number of carbonyl (C=O) groups is 4. The molecule has 0 aliphatic heterocycles. The smallest absolute Gasteiger partial charge is 0.410 e. The van der Waals surface area contributed by atoms with E-state index in [2.05, 4.69) is 10.6 Å². The van der Waals surface area contributed by atoms with Crippen molar-refractivity contribution >= 4 is 43.7 Å². The summed E-state index contributed by atoms with van der Waals surface area (Å²) in [5.74, 6) is -4.75. The quantitative estimate of drug-likeness (QED) is 0.109. The number of hydrogen-bond acceptors (Lipinski definition) is 9. The van der Waals surface area contributed by atoms with E-state index >= 15 is 0 Å². The minimum atomic E-state index is -2.43. The van der Waals surface area contributed by atoms with Crippen LogP contribution in [-0.2, 0) is 34.8 Å². The van der Waals surface area contributed by atoms with Crippen molar-refractivity contribution in [2.45, 2.75) is 57.8 Å². The highest BCUT2D eigenvalue weighted by molar-refractivity contribution is 7.25. The summed E-state index contributed by atoms with van der Waals surface area (Å²) in [5, 5.41) is 27.2. The first-order valence-electron chi connectivity index (χ1n) is 13.8. The monoisotopic (exact) mass is 643 g/mol. The van der Waals surface area contributed by atoms with Crippen molar-refractivity contribution in [1.29, 1.82) is 0 Å². The van der Waals surface area contributed by atoms with Crippen LogP contribution in [0.2, 0.25) is 0 Å². The number of ether oxygens (including phenoxy) is 2. The summed E-state index contributed by atoms with van der Waals surface area (Å²) in [7, 11) is -1.55. The van der Waals surface area contributed by atoms with Crippen molar-refractivity contribution in [1.82, 2.24) is 10.6 Å². The molecule has 2 aromatic carbocycles. The van der Waals surface area contributed by atoms with Gasteiger partial charge in [-0.05, 0) is 52.4 Å². The second kappa shape index (κ2) is 15.6. The maximum atomic E-state index is 13.6. The molecule has 0 spiro atoms. The Morgan fingerprint density at radius 2 is 1.55 bits per heavy atom. The number of hydrogen-bond donors (Lipinski definition) is 4. The van der Waals surface area contributed by atoms with Crippen molar-refractivity contribution < 1.29 is 43.4 Å². The van der Waals surface area contributed by atoms with Gasteiger partial charge in [-0.2, -0.15) is 11.3 Å². The predicted molar refractivity (Wildman–Crippen MR) is 165 cm³/mol. The summed E-state index contributed by atoms with van der Waals surface area (Å²) in [6, 6.07) is 15.6. The normalized spacial score (nSPS) is 15.3. The Morgan fingerprint density at radius 1 is 0.909 bits per heavy atom. The lowest BCUT2D eigenvalue weighted by atomic mass is 9.85. The second-order valence-corrected chi connectivity index (χ2v) is 12.3. The second-order valence-electron chi connectivity index (χ2n) is 10.5. The molecule has 1 aromatic heterocycles. The van der Waals surface area contributed by atoms with Gasteiger partial charge in [-0.1, -0.05) is 73.0 Å². The van der Waals surface area contributed by atoms with Crippen molar-refractivity contribution in [2.24, 2.45) is 11.8 Å². The number of thiophene rings is 1. The lowest BCUT2D eigenvalue weighted by molar-refractivity contribution is -0.169. The Balaban J connectivity index is 1.97. The number of aliphatic carboxylic acids is 1. The zero-order valence-corrected chi connectivity index (χ0v) is 26.5. The SMILES string of the molecule is CC(OC(=O)NC(c1ccsc1)C(O)([PH+]=O)C(Cc1ccc(-c2ccccc2)cc1)C(=O)NC(C)C(=O)O)OC(=O)C(C)C. The highest BCUT2D eigenvalue weighted by Crippen LogP contribution is 2.43. The fraction of sp³-hybridized carbons (Fsp3) is 0.355. The summed E-state index contributed by atoms with van der Waals surface area (Å²) >= 11 is 1.24. The lowest BCUT2D eigenvalue weighted by Gasteiger charge is -2.32. The number of carboxylic acids is 1. The number of carbonyl (C=O) groups excluding carboxylic acids is 3. The van der Waals surface area contributed by atoms with Gasteiger partial charge < -0.3 is 30.3 Å². The van der Waals surface area contributed by atoms with Crippen molar-refractivity contribution in [3.63, 3.8) is 0 Å². The first kappa shape index (κ1) is 34.4. The maximum absolute atomic E-state index is 13.6. The summed E-state index contributed by atoms with van der Waals surface area (Å²) in [6.45, 7) is 5.82. The first-order chi connectivity index (χ1) is 20.8. The van der Waals surface area contributed by atoms with Crippen LogP contribution in [0.25, 0.3) is 11.1 Å². The molecule has 3 rings (SSSR count). The minimum absolute atomic E-state index is 0.154. The van der Waals surface area contributed by atoms with Crippen LogP contribution in [0.15, 0.2) is 71.4 Å². The molecule has 2 amide bonds. The summed E-state index contributed by atoms with van der Waals surface area (Å²) in [6.07, 6.45) is -2.54. The van der Waals surface area contributed by atoms with Crippen LogP contribution < -0.4 is 10.6 Å². The molecule has 11 nitrogen and oxygen atoms in total. The molecule has 0 fully saturated rings. The van der Waals surface area contributed by atoms with E-state index in [-0.39, 0.29) is 6.42 Å². The molecule has 0 radical (unpaired) electrons. The number of nitrogens with one attached hydrogen (secondary N) is 2. The van der Waals surface area contributed by atoms with E-state index in [9.17, 15) is 34.0 Å². The van der Waals surface area contributed by atoms with Gasteiger partial charge in [0.05, 0.1) is 5.92 Å². The minimum Gasteiger partial charge on any atom is -0.480 e. The van der Waals surface area contributed by atoms with E-state index in [4.69, 9.17) is 9.47 Å². The lowest BCUT2D eigenvalue weighted by Crippen LogP contribution is -2.54. The molecule has 3 aromatic rings. The molecule has 6 atom stereocenters. The predicted octanol–water partition coefficient (Wildman–Crippen LogP) is 4.89. The van der Waals surface area contributed by atoms with E-state index in [0.29, 0.717) is 11.1 Å². The van der Waals surface area contributed by atoms with Crippen LogP contribution >= 0.6 is 19.8 Å². The summed E-state index contributed by atoms with van der Waals surface area (Å²) in [5.41, 5.74) is 2.79. The first-order valence-corrected chi connectivity index (χ1v) is 15.7. The van der Waals surface area contributed by atoms with Crippen molar-refractivity contribution in [3.05, 3.63) is 82.6 Å². The van der Waals surface area contributed by atoms with E-state index in [1.807, 2.05) is 42.5 Å². The summed E-state index contributed by atoms with van der Waals surface area (Å²) < 4.78 is 23.2. The molecular formula is C31H36N2O9PS+. The molecule has 0 aliphatic carbocycles. The number of carboxylic acid groups (broad SMARTS) is 1. The standard InChI is InChI=1S/C31H35N2O9PS/c1-18(2)29(37)41-20(4)42-30(38)33-26(24-14-15-44-17-24)31(39,43-40)25(27(34)32-19(3)28(35)36)16-21-10-12-23(13-11-21)22-8-6-5-7-9-22/h5-15,17-20,25-26,39H,16H2,1-4H3,(H,32,34)(H,33,38)(H,35,36)/p+1. The van der Waals surface area contributed by atoms with E-state index in [1.54, 1.807) is 42.8 Å². The molecular weight excluding hydrogens is 607 g/mol. The van der Waals surface area contributed by atoms with Gasteiger partial charge in [0, 0.05) is 6.92 Å². The molecule has 44 heavy (non-hydrogen) atoms. The van der Waals surface area contributed by atoms with Crippen molar-refractivity contribution in [2.75, 3.05) is 0 Å². The molecule has 0 aliphatic rings. The Morgan fingerprint density at radius 3 is 2.09 bits per heavy atom. The maximum Gasteiger partial charge on any atom is 0.410 e. The highest BCUT2D eigenvalue weighted by Gasteiger charge is 2.57. The average molecular weight is 644 g/mol. The zero-order chi connectivity index (χ0) is 32.4. The van der Waals surface area contributed by atoms with Gasteiger partial charge in [-0.3, -0.25) is 14.4 Å². The van der Waals surface area contributed by atoms with Crippen LogP contribution in [0.4, 0.5) is 4.79 Å². The van der Waals surface area contributed by atoms with Crippen LogP contribution in [0.1, 0.15) is 44.9 Å². The third-order valence-corrected chi connectivity index (χ3v) is 8.51. The molecule has 0 saturated heterocycles. The number of rotatable bonds is 14. The van der Waals surface area contributed by atoms with Gasteiger partial charge in [0.1, 0.15) is 18.0 Å². The largest absolute Gasteiger partial charge is 0.480 e.